The van der Waals surface area contributed by atoms with E-state index in [0.717, 1.165) is 29.8 Å². The van der Waals surface area contributed by atoms with E-state index >= 15 is 0 Å². The molecule has 1 atom stereocenters. The summed E-state index contributed by atoms with van der Waals surface area (Å²) >= 11 is 1.29. The van der Waals surface area contributed by atoms with Crippen molar-refractivity contribution in [2.24, 2.45) is 0 Å². The summed E-state index contributed by atoms with van der Waals surface area (Å²) < 4.78 is 10.5. The Kier molecular flexibility index (Phi) is 7.98. The van der Waals surface area contributed by atoms with Crippen molar-refractivity contribution in [1.29, 1.82) is 0 Å². The molecule has 0 saturated carbocycles. The molecule has 1 unspecified atom stereocenters. The minimum absolute atomic E-state index is 0. The van der Waals surface area contributed by atoms with Crippen LogP contribution < -0.4 is 4.74 Å². The average Bonchev–Trinajstić information content (AvgIpc) is 3.14. The molecule has 0 radical (unpaired) electrons. The second kappa shape index (κ2) is 10.0. The number of benzene rings is 2. The van der Waals surface area contributed by atoms with E-state index in [2.05, 4.69) is 61.1 Å². The number of nitrogens with zero attached hydrogens (tertiary/aromatic N) is 3. The van der Waals surface area contributed by atoms with E-state index in [1.165, 1.54) is 22.7 Å². The van der Waals surface area contributed by atoms with Crippen LogP contribution in [-0.4, -0.2) is 33.9 Å². The van der Waals surface area contributed by atoms with Gasteiger partial charge in [0.2, 0.25) is 0 Å². The Morgan fingerprint density at radius 2 is 1.82 bits per heavy atom. The number of halogens is 1. The Bertz CT molecular complexity index is 898. The lowest BCUT2D eigenvalue weighted by molar-refractivity contribution is 0.269. The Morgan fingerprint density at radius 1 is 1.11 bits per heavy atom. The van der Waals surface area contributed by atoms with Gasteiger partial charge < -0.3 is 9.64 Å². The fourth-order valence-electron chi connectivity index (χ4n) is 3.01. The lowest BCUT2D eigenvalue weighted by atomic mass is 9.98. The van der Waals surface area contributed by atoms with Gasteiger partial charge in [-0.05, 0) is 63.5 Å². The van der Waals surface area contributed by atoms with Crippen LogP contribution in [0.25, 0.3) is 11.4 Å². The first-order chi connectivity index (χ1) is 13.0. The minimum atomic E-state index is 0. The van der Waals surface area contributed by atoms with Gasteiger partial charge in [0.25, 0.3) is 5.19 Å². The lowest BCUT2D eigenvalue weighted by Crippen LogP contribution is -2.30. The third-order valence-electron chi connectivity index (χ3n) is 5.04. The molecule has 0 fully saturated rings. The van der Waals surface area contributed by atoms with Crippen LogP contribution in [0, 0.1) is 13.8 Å². The normalized spacial score (nSPS) is 11.9. The van der Waals surface area contributed by atoms with E-state index in [0.29, 0.717) is 17.1 Å². The van der Waals surface area contributed by atoms with Gasteiger partial charge in [-0.3, -0.25) is 0 Å². The van der Waals surface area contributed by atoms with Crippen molar-refractivity contribution in [2.45, 2.75) is 40.2 Å². The summed E-state index contributed by atoms with van der Waals surface area (Å²) in [5, 5.41) is 0.572. The highest BCUT2D eigenvalue weighted by Gasteiger charge is 2.14. The van der Waals surface area contributed by atoms with E-state index in [-0.39, 0.29) is 12.4 Å². The van der Waals surface area contributed by atoms with Crippen molar-refractivity contribution >= 4 is 23.9 Å². The zero-order valence-corrected chi connectivity index (χ0v) is 18.7. The molecule has 0 aliphatic rings. The maximum atomic E-state index is 6.06. The Labute approximate surface area is 178 Å². The highest BCUT2D eigenvalue weighted by Crippen LogP contribution is 2.31. The molecular weight excluding hydrogens is 390 g/mol. The monoisotopic (exact) mass is 417 g/mol. The van der Waals surface area contributed by atoms with Gasteiger partial charge in [-0.2, -0.15) is 9.36 Å². The summed E-state index contributed by atoms with van der Waals surface area (Å²) in [6, 6.07) is 14.8. The average molecular weight is 418 g/mol. The van der Waals surface area contributed by atoms with Crippen LogP contribution in [0.2, 0.25) is 0 Å². The van der Waals surface area contributed by atoms with Crippen molar-refractivity contribution < 1.29 is 4.74 Å². The summed E-state index contributed by atoms with van der Waals surface area (Å²) in [6.07, 6.45) is 1.04. The first kappa shape index (κ1) is 22.3. The summed E-state index contributed by atoms with van der Waals surface area (Å²) in [6.45, 7) is 9.76. The minimum Gasteiger partial charge on any atom is -0.430 e. The molecule has 0 N–H and O–H groups in total. The molecule has 6 heteroatoms. The summed E-state index contributed by atoms with van der Waals surface area (Å²) in [5.41, 5.74) is 4.74. The van der Waals surface area contributed by atoms with Crippen molar-refractivity contribution in [3.63, 3.8) is 0 Å². The van der Waals surface area contributed by atoms with Crippen molar-refractivity contribution in [3.8, 4) is 22.3 Å². The number of aromatic nitrogens is 2. The van der Waals surface area contributed by atoms with Crippen LogP contribution in [-0.2, 0) is 6.42 Å². The number of ether oxygens (including phenoxy) is 1. The fourth-order valence-corrected chi connectivity index (χ4v) is 3.58. The van der Waals surface area contributed by atoms with Crippen LogP contribution in [0.1, 0.15) is 30.5 Å². The molecule has 2 aromatic carbocycles. The largest absolute Gasteiger partial charge is 0.430 e. The molecule has 150 valence electrons. The Hall–Kier alpha value is -1.95. The van der Waals surface area contributed by atoms with Crippen molar-refractivity contribution in [2.75, 3.05) is 13.6 Å². The van der Waals surface area contributed by atoms with Crippen LogP contribution >= 0.6 is 23.9 Å². The third kappa shape index (κ3) is 5.31. The van der Waals surface area contributed by atoms with E-state index < -0.39 is 0 Å². The van der Waals surface area contributed by atoms with Gasteiger partial charge in [0.1, 0.15) is 5.75 Å². The first-order valence-electron chi connectivity index (χ1n) is 9.35. The van der Waals surface area contributed by atoms with Crippen LogP contribution in [0.5, 0.6) is 10.9 Å². The molecule has 1 heterocycles. The summed E-state index contributed by atoms with van der Waals surface area (Å²) in [4.78, 5) is 6.90. The molecule has 0 bridgehead atoms. The molecule has 3 aromatic rings. The van der Waals surface area contributed by atoms with E-state index in [1.807, 2.05) is 30.3 Å². The third-order valence-corrected chi connectivity index (χ3v) is 5.63. The molecule has 3 rings (SSSR count). The smallest absolute Gasteiger partial charge is 0.299 e. The molecule has 0 saturated heterocycles. The molecule has 28 heavy (non-hydrogen) atoms. The number of hydrogen-bond donors (Lipinski definition) is 0. The summed E-state index contributed by atoms with van der Waals surface area (Å²) in [5.74, 6) is 1.56. The van der Waals surface area contributed by atoms with Crippen LogP contribution in [0.3, 0.4) is 0 Å². The Balaban J connectivity index is 0.00000280. The highest BCUT2D eigenvalue weighted by atomic mass is 35.5. The standard InChI is InChI=1S/C22H27N3OS.ClH/c1-6-25(5)17(4)14-19-12-16(3)20(13-15(19)2)26-22-23-21(24-27-22)18-10-8-7-9-11-18;/h7-13,17H,6,14H2,1-5H3;1H. The van der Waals surface area contributed by atoms with Gasteiger partial charge in [-0.25, -0.2) is 0 Å². The van der Waals surface area contributed by atoms with Crippen LogP contribution in [0.4, 0.5) is 0 Å². The predicted molar refractivity (Wildman–Crippen MR) is 120 cm³/mol. The molecule has 0 aliphatic carbocycles. The van der Waals surface area contributed by atoms with E-state index in [4.69, 9.17) is 4.74 Å². The van der Waals surface area contributed by atoms with Crippen molar-refractivity contribution in [3.05, 3.63) is 59.2 Å². The first-order valence-corrected chi connectivity index (χ1v) is 10.1. The van der Waals surface area contributed by atoms with Gasteiger partial charge in [0.15, 0.2) is 5.82 Å². The molecule has 0 spiro atoms. The van der Waals surface area contributed by atoms with Gasteiger partial charge in [-0.15, -0.1) is 12.4 Å². The number of hydrogen-bond acceptors (Lipinski definition) is 5. The molecule has 0 amide bonds. The topological polar surface area (TPSA) is 38.2 Å². The fraction of sp³-hybridized carbons (Fsp3) is 0.364. The Morgan fingerprint density at radius 3 is 2.50 bits per heavy atom. The van der Waals surface area contributed by atoms with E-state index in [1.54, 1.807) is 0 Å². The van der Waals surface area contributed by atoms with Gasteiger partial charge in [0, 0.05) is 23.1 Å². The summed E-state index contributed by atoms with van der Waals surface area (Å²) in [7, 11) is 2.17. The van der Waals surface area contributed by atoms with Gasteiger partial charge >= 0.3 is 0 Å². The molecule has 4 nitrogen and oxygen atoms in total. The second-order valence-corrected chi connectivity index (χ2v) is 7.74. The lowest BCUT2D eigenvalue weighted by Gasteiger charge is -2.24. The van der Waals surface area contributed by atoms with Gasteiger partial charge in [0.05, 0.1) is 0 Å². The maximum absolute atomic E-state index is 6.06. The SMILES string of the molecule is CCN(C)C(C)Cc1cc(C)c(Oc2nc(-c3ccccc3)ns2)cc1C.Cl. The van der Waals surface area contributed by atoms with Gasteiger partial charge in [-0.1, -0.05) is 43.3 Å². The van der Waals surface area contributed by atoms with E-state index in [9.17, 15) is 0 Å². The van der Waals surface area contributed by atoms with Crippen molar-refractivity contribution in [1.82, 2.24) is 14.3 Å². The van der Waals surface area contributed by atoms with Crippen LogP contribution in [0.15, 0.2) is 42.5 Å². The number of likely N-dealkylation sites (N-methyl/N-ethyl adjacent to an activating group) is 1. The molecular formula is C22H28ClN3OS. The second-order valence-electron chi connectivity index (χ2n) is 7.02. The highest BCUT2D eigenvalue weighted by molar-refractivity contribution is 7.07. The zero-order valence-electron chi connectivity index (χ0n) is 17.1. The predicted octanol–water partition coefficient (Wildman–Crippen LogP) is 5.92. The maximum Gasteiger partial charge on any atom is 0.299 e. The molecule has 0 aliphatic heterocycles. The number of rotatable bonds is 7. The quantitative estimate of drug-likeness (QED) is 0.478. The molecule has 1 aromatic heterocycles. The number of aryl methyl sites for hydroxylation is 2. The zero-order chi connectivity index (χ0) is 19.4.